The molecule has 1 aliphatic rings. The van der Waals surface area contributed by atoms with Crippen LogP contribution in [-0.4, -0.2) is 36.6 Å². The van der Waals surface area contributed by atoms with Gasteiger partial charge >= 0.3 is 0 Å². The van der Waals surface area contributed by atoms with E-state index in [4.69, 9.17) is 5.73 Å². The summed E-state index contributed by atoms with van der Waals surface area (Å²) in [5, 5.41) is 3.32. The minimum Gasteiger partial charge on any atom is -0.369 e. The number of benzene rings is 1. The van der Waals surface area contributed by atoms with Crippen LogP contribution in [0.2, 0.25) is 0 Å². The lowest BCUT2D eigenvalue weighted by Gasteiger charge is -2.26. The zero-order valence-corrected chi connectivity index (χ0v) is 11.5. The van der Waals surface area contributed by atoms with Crippen LogP contribution < -0.4 is 11.1 Å². The van der Waals surface area contributed by atoms with Crippen molar-refractivity contribution < 1.29 is 0 Å². The fourth-order valence-electron chi connectivity index (χ4n) is 1.98. The van der Waals surface area contributed by atoms with Crippen molar-refractivity contribution in [1.29, 1.82) is 0 Å². The van der Waals surface area contributed by atoms with E-state index in [9.17, 15) is 0 Å². The van der Waals surface area contributed by atoms with E-state index < -0.39 is 0 Å². The van der Waals surface area contributed by atoms with Gasteiger partial charge in [-0.3, -0.25) is 4.90 Å². The van der Waals surface area contributed by atoms with Gasteiger partial charge < -0.3 is 11.1 Å². The maximum absolute atomic E-state index is 5.81. The summed E-state index contributed by atoms with van der Waals surface area (Å²) in [6, 6.07) is 10.5. The second kappa shape index (κ2) is 6.22. The van der Waals surface area contributed by atoms with Gasteiger partial charge in [0.15, 0.2) is 5.96 Å². The quantitative estimate of drug-likeness (QED) is 0.798. The van der Waals surface area contributed by atoms with Gasteiger partial charge in [0.2, 0.25) is 5.96 Å². The molecule has 1 aromatic rings. The lowest BCUT2D eigenvalue weighted by Crippen LogP contribution is -2.49. The van der Waals surface area contributed by atoms with Crippen LogP contribution in [0, 0.1) is 0 Å². The van der Waals surface area contributed by atoms with Crippen LogP contribution in [0.3, 0.4) is 0 Å². The number of nitrogens with zero attached hydrogens (tertiary/aromatic N) is 3. The first-order valence-electron chi connectivity index (χ1n) is 6.59. The molecule has 5 heteroatoms. The van der Waals surface area contributed by atoms with Gasteiger partial charge in [0.1, 0.15) is 6.17 Å². The van der Waals surface area contributed by atoms with Gasteiger partial charge in [-0.25, -0.2) is 9.98 Å². The van der Waals surface area contributed by atoms with Gasteiger partial charge in [-0.05, 0) is 25.3 Å². The molecule has 1 heterocycles. The summed E-state index contributed by atoms with van der Waals surface area (Å²) >= 11 is 0. The molecule has 3 N–H and O–H groups in total. The molecule has 0 saturated heterocycles. The zero-order chi connectivity index (χ0) is 13.7. The Morgan fingerprint density at radius 2 is 2.00 bits per heavy atom. The third-order valence-electron chi connectivity index (χ3n) is 3.06. The molecule has 5 nitrogen and oxygen atoms in total. The number of hydrogen-bond acceptors (Lipinski definition) is 5. The molecule has 0 aromatic heterocycles. The van der Waals surface area contributed by atoms with Crippen LogP contribution in [0.25, 0.3) is 0 Å². The summed E-state index contributed by atoms with van der Waals surface area (Å²) in [7, 11) is 1.87. The number of aliphatic imine (C=N–C) groups is 2. The van der Waals surface area contributed by atoms with Gasteiger partial charge in [0.25, 0.3) is 0 Å². The molecular weight excluding hydrogens is 238 g/mol. The summed E-state index contributed by atoms with van der Waals surface area (Å²) in [5.74, 6) is 1.31. The monoisotopic (exact) mass is 259 g/mol. The Hall–Kier alpha value is -2.04. The average Bonchev–Trinajstić information content (AvgIpc) is 2.41. The van der Waals surface area contributed by atoms with Crippen molar-refractivity contribution in [2.75, 3.05) is 13.6 Å². The van der Waals surface area contributed by atoms with Gasteiger partial charge in [-0.1, -0.05) is 30.3 Å². The topological polar surface area (TPSA) is 66.0 Å². The lowest BCUT2D eigenvalue weighted by molar-refractivity contribution is 0.604. The van der Waals surface area contributed by atoms with Crippen molar-refractivity contribution in [3.63, 3.8) is 0 Å². The fourth-order valence-corrected chi connectivity index (χ4v) is 1.98. The zero-order valence-electron chi connectivity index (χ0n) is 11.5. The molecule has 102 valence electrons. The van der Waals surface area contributed by atoms with E-state index in [1.54, 1.807) is 4.90 Å². The minimum absolute atomic E-state index is 0.104. The number of aryl methyl sites for hydroxylation is 1. The maximum atomic E-state index is 5.81. The molecule has 0 bridgehead atoms. The Bertz CT molecular complexity index is 466. The number of nitrogens with two attached hydrogens (primary N) is 1. The molecular formula is C14H21N5. The molecule has 0 spiro atoms. The maximum Gasteiger partial charge on any atom is 0.202 e. The Balaban J connectivity index is 1.77. The highest BCUT2D eigenvalue weighted by Gasteiger charge is 2.16. The lowest BCUT2D eigenvalue weighted by atomic mass is 10.1. The minimum atomic E-state index is -0.104. The van der Waals surface area contributed by atoms with E-state index in [0.29, 0.717) is 5.96 Å². The summed E-state index contributed by atoms with van der Waals surface area (Å²) in [5.41, 5.74) is 7.17. The van der Waals surface area contributed by atoms with Crippen molar-refractivity contribution in [2.45, 2.75) is 25.9 Å². The molecule has 19 heavy (non-hydrogen) atoms. The SMILES string of the molecule is CC1N=C(N)N(C)C(NCCCc2ccccc2)=N1. The van der Waals surface area contributed by atoms with Crippen LogP contribution in [-0.2, 0) is 6.42 Å². The van der Waals surface area contributed by atoms with E-state index in [-0.39, 0.29) is 6.17 Å². The molecule has 1 aliphatic heterocycles. The highest BCUT2D eigenvalue weighted by Crippen LogP contribution is 2.04. The van der Waals surface area contributed by atoms with Crippen LogP contribution in [0.4, 0.5) is 0 Å². The molecule has 1 unspecified atom stereocenters. The van der Waals surface area contributed by atoms with E-state index in [1.807, 2.05) is 20.0 Å². The summed E-state index contributed by atoms with van der Waals surface area (Å²) < 4.78 is 0. The first kappa shape index (κ1) is 13.4. The van der Waals surface area contributed by atoms with E-state index in [2.05, 4.69) is 39.6 Å². The number of rotatable bonds is 4. The molecule has 1 atom stereocenters. The Labute approximate surface area is 114 Å². The van der Waals surface area contributed by atoms with Gasteiger partial charge in [0, 0.05) is 13.6 Å². The molecule has 1 aromatic carbocycles. The summed E-state index contributed by atoms with van der Waals surface area (Å²) in [6.45, 7) is 2.80. The third kappa shape index (κ3) is 3.71. The van der Waals surface area contributed by atoms with Crippen molar-refractivity contribution in [3.05, 3.63) is 35.9 Å². The van der Waals surface area contributed by atoms with Crippen molar-refractivity contribution in [3.8, 4) is 0 Å². The second-order valence-electron chi connectivity index (χ2n) is 4.65. The van der Waals surface area contributed by atoms with Crippen molar-refractivity contribution in [1.82, 2.24) is 10.2 Å². The van der Waals surface area contributed by atoms with Crippen LogP contribution in [0.1, 0.15) is 18.9 Å². The Kier molecular flexibility index (Phi) is 4.39. The van der Waals surface area contributed by atoms with Crippen molar-refractivity contribution in [2.24, 2.45) is 15.7 Å². The fraction of sp³-hybridized carbons (Fsp3) is 0.429. The predicted octanol–water partition coefficient (Wildman–Crippen LogP) is 1.17. The average molecular weight is 259 g/mol. The highest BCUT2D eigenvalue weighted by atomic mass is 15.4. The molecule has 0 radical (unpaired) electrons. The number of hydrogen-bond donors (Lipinski definition) is 2. The van der Waals surface area contributed by atoms with Crippen LogP contribution in [0.15, 0.2) is 40.3 Å². The number of nitrogens with one attached hydrogen (secondary N) is 1. The largest absolute Gasteiger partial charge is 0.369 e. The standard InChI is InChI=1S/C14H21N5/c1-11-17-13(15)19(2)14(18-11)16-10-6-9-12-7-4-3-5-8-12/h3-5,7-8,11H,6,9-10H2,1-2H3,(H2,15,17)(H,16,18). The Morgan fingerprint density at radius 1 is 1.26 bits per heavy atom. The highest BCUT2D eigenvalue weighted by molar-refractivity contribution is 5.99. The summed E-state index contributed by atoms with van der Waals surface area (Å²) in [6.07, 6.45) is 2.01. The van der Waals surface area contributed by atoms with E-state index in [1.165, 1.54) is 5.56 Å². The first-order valence-corrected chi connectivity index (χ1v) is 6.59. The smallest absolute Gasteiger partial charge is 0.202 e. The van der Waals surface area contributed by atoms with Gasteiger partial charge in [-0.2, -0.15) is 0 Å². The first-order chi connectivity index (χ1) is 9.16. The van der Waals surface area contributed by atoms with Crippen LogP contribution >= 0.6 is 0 Å². The molecule has 2 rings (SSSR count). The molecule has 0 amide bonds. The molecule has 0 aliphatic carbocycles. The third-order valence-corrected chi connectivity index (χ3v) is 3.06. The van der Waals surface area contributed by atoms with Crippen LogP contribution in [0.5, 0.6) is 0 Å². The normalized spacial score (nSPS) is 18.8. The van der Waals surface area contributed by atoms with Gasteiger partial charge in [-0.15, -0.1) is 0 Å². The molecule has 0 saturated carbocycles. The Morgan fingerprint density at radius 3 is 2.74 bits per heavy atom. The van der Waals surface area contributed by atoms with E-state index in [0.717, 1.165) is 25.3 Å². The predicted molar refractivity (Wildman–Crippen MR) is 79.0 cm³/mol. The molecule has 0 fully saturated rings. The van der Waals surface area contributed by atoms with E-state index >= 15 is 0 Å². The van der Waals surface area contributed by atoms with Crippen molar-refractivity contribution >= 4 is 11.9 Å². The second-order valence-corrected chi connectivity index (χ2v) is 4.65. The number of guanidine groups is 2. The van der Waals surface area contributed by atoms with Gasteiger partial charge in [0.05, 0.1) is 0 Å². The summed E-state index contributed by atoms with van der Waals surface area (Å²) in [4.78, 5) is 10.4.